The number of amides is 2. The third-order valence-corrected chi connectivity index (χ3v) is 7.53. The molecule has 0 aliphatic heterocycles. The van der Waals surface area contributed by atoms with E-state index in [-0.39, 0.29) is 11.9 Å². The molecular weight excluding hydrogens is 520 g/mol. The number of rotatable bonds is 13. The first kappa shape index (κ1) is 32.0. The van der Waals surface area contributed by atoms with Gasteiger partial charge in [0.25, 0.3) is 5.91 Å². The van der Waals surface area contributed by atoms with E-state index in [4.69, 9.17) is 9.47 Å². The Morgan fingerprint density at radius 3 is 2.46 bits per heavy atom. The van der Waals surface area contributed by atoms with Gasteiger partial charge in [-0.15, -0.1) is 0 Å². The monoisotopic (exact) mass is 566 g/mol. The molecule has 2 heterocycles. The van der Waals surface area contributed by atoms with E-state index in [1.165, 1.54) is 38.5 Å². The van der Waals surface area contributed by atoms with Crippen molar-refractivity contribution < 1.29 is 19.1 Å². The van der Waals surface area contributed by atoms with E-state index in [0.29, 0.717) is 44.4 Å². The topological polar surface area (TPSA) is 123 Å². The van der Waals surface area contributed by atoms with Crippen LogP contribution >= 0.6 is 0 Å². The molecule has 3 N–H and O–H groups in total. The molecule has 41 heavy (non-hydrogen) atoms. The van der Waals surface area contributed by atoms with Crippen LogP contribution in [-0.2, 0) is 20.8 Å². The summed E-state index contributed by atoms with van der Waals surface area (Å²) in [6.45, 7) is 8.63. The van der Waals surface area contributed by atoms with Crippen LogP contribution < -0.4 is 10.6 Å². The van der Waals surface area contributed by atoms with E-state index in [0.717, 1.165) is 34.6 Å². The molecule has 10 heteroatoms. The standard InChI is InChI=1S/C19H33N3O3.C12H13N3O/c1-16(17-8-5-3-4-6-9-17)21-19(23)18-10-11-20-22(18)12-7-13-25-15-14-24-2;1-8-12(9(2)15-14-8)10-3-5-11(6-4-10)13-7-16/h10-11,16-17H,3-9,12-15H2,1-2H3,(H,21,23);3-7H,1-2H3,(H,13,16)(H,14,15)/t16-;/m1./s1. The highest BCUT2D eigenvalue weighted by atomic mass is 16.5. The second-order valence-corrected chi connectivity index (χ2v) is 10.6. The SMILES string of the molecule is COCCOCCCn1nccc1C(=O)N[C@H](C)C1CCCCCC1.Cc1n[nH]c(C)c1-c1ccc(NC=O)cc1. The van der Waals surface area contributed by atoms with Gasteiger partial charge < -0.3 is 20.1 Å². The highest BCUT2D eigenvalue weighted by molar-refractivity contribution is 5.92. The van der Waals surface area contributed by atoms with Crippen molar-refractivity contribution in [3.63, 3.8) is 0 Å². The van der Waals surface area contributed by atoms with Crippen LogP contribution in [0.15, 0.2) is 36.5 Å². The number of aryl methyl sites for hydroxylation is 3. The lowest BCUT2D eigenvalue weighted by Crippen LogP contribution is -2.39. The number of anilines is 1. The van der Waals surface area contributed by atoms with Crippen LogP contribution in [0.1, 0.15) is 73.7 Å². The van der Waals surface area contributed by atoms with Crippen molar-refractivity contribution in [1.82, 2.24) is 25.3 Å². The van der Waals surface area contributed by atoms with Gasteiger partial charge in [0.1, 0.15) is 5.69 Å². The first-order valence-corrected chi connectivity index (χ1v) is 14.7. The summed E-state index contributed by atoms with van der Waals surface area (Å²) >= 11 is 0. The maximum atomic E-state index is 12.6. The number of aromatic amines is 1. The van der Waals surface area contributed by atoms with Crippen LogP contribution in [0.4, 0.5) is 5.69 Å². The molecule has 4 rings (SSSR count). The molecule has 1 fully saturated rings. The molecule has 2 aromatic heterocycles. The van der Waals surface area contributed by atoms with Gasteiger partial charge in [-0.1, -0.05) is 37.8 Å². The van der Waals surface area contributed by atoms with Gasteiger partial charge in [-0.2, -0.15) is 10.2 Å². The third kappa shape index (κ3) is 10.1. The predicted molar refractivity (Wildman–Crippen MR) is 161 cm³/mol. The normalized spacial score (nSPS) is 14.4. The van der Waals surface area contributed by atoms with Crippen molar-refractivity contribution in [2.75, 3.05) is 32.2 Å². The van der Waals surface area contributed by atoms with Crippen LogP contribution in [0.5, 0.6) is 0 Å². The molecule has 1 saturated carbocycles. The lowest BCUT2D eigenvalue weighted by Gasteiger charge is -2.23. The van der Waals surface area contributed by atoms with Crippen molar-refractivity contribution in [2.24, 2.45) is 5.92 Å². The first-order valence-electron chi connectivity index (χ1n) is 14.7. The molecule has 1 aliphatic carbocycles. The summed E-state index contributed by atoms with van der Waals surface area (Å²) in [5.41, 5.74) is 5.68. The van der Waals surface area contributed by atoms with E-state index in [1.54, 1.807) is 24.1 Å². The van der Waals surface area contributed by atoms with E-state index < -0.39 is 0 Å². The highest BCUT2D eigenvalue weighted by Crippen LogP contribution is 2.27. The average molecular weight is 567 g/mol. The zero-order chi connectivity index (χ0) is 29.5. The fraction of sp³-hybridized carbons (Fsp3) is 0.548. The van der Waals surface area contributed by atoms with E-state index in [1.807, 2.05) is 38.1 Å². The number of ether oxygens (including phenoxy) is 2. The number of hydrogen-bond acceptors (Lipinski definition) is 6. The number of benzene rings is 1. The summed E-state index contributed by atoms with van der Waals surface area (Å²) in [6.07, 6.45) is 10.9. The average Bonchev–Trinajstić information content (AvgIpc) is 3.46. The molecule has 1 aromatic carbocycles. The zero-order valence-corrected chi connectivity index (χ0v) is 24.9. The molecule has 1 atom stereocenters. The second-order valence-electron chi connectivity index (χ2n) is 10.6. The lowest BCUT2D eigenvalue weighted by atomic mass is 9.93. The van der Waals surface area contributed by atoms with Crippen LogP contribution in [0.2, 0.25) is 0 Å². The fourth-order valence-electron chi connectivity index (χ4n) is 5.25. The van der Waals surface area contributed by atoms with Crippen LogP contribution in [0, 0.1) is 19.8 Å². The van der Waals surface area contributed by atoms with Gasteiger partial charge in [0.15, 0.2) is 0 Å². The number of aromatic nitrogens is 4. The van der Waals surface area contributed by atoms with Crippen molar-refractivity contribution >= 4 is 18.0 Å². The van der Waals surface area contributed by atoms with Gasteiger partial charge in [0.05, 0.1) is 18.9 Å². The smallest absolute Gasteiger partial charge is 0.269 e. The molecule has 0 spiro atoms. The summed E-state index contributed by atoms with van der Waals surface area (Å²) in [5, 5.41) is 17.2. The number of H-pyrrole nitrogens is 1. The Hall–Kier alpha value is -3.50. The molecule has 224 valence electrons. The Bertz CT molecular complexity index is 1160. The third-order valence-electron chi connectivity index (χ3n) is 7.53. The van der Waals surface area contributed by atoms with Crippen LogP contribution in [-0.4, -0.2) is 65.3 Å². The largest absolute Gasteiger partial charge is 0.382 e. The molecule has 0 unspecified atom stereocenters. The molecule has 3 aromatic rings. The summed E-state index contributed by atoms with van der Waals surface area (Å²) in [5.74, 6) is 0.576. The number of carbonyl (C=O) groups excluding carboxylic acids is 2. The van der Waals surface area contributed by atoms with E-state index in [2.05, 4.69) is 32.9 Å². The quantitative estimate of drug-likeness (QED) is 0.147. The van der Waals surface area contributed by atoms with Gasteiger partial charge in [-0.3, -0.25) is 19.4 Å². The maximum Gasteiger partial charge on any atom is 0.269 e. The van der Waals surface area contributed by atoms with E-state index in [9.17, 15) is 9.59 Å². The number of nitrogens with zero attached hydrogens (tertiary/aromatic N) is 3. The number of methoxy groups -OCH3 is 1. The number of nitrogens with one attached hydrogen (secondary N) is 3. The molecular formula is C31H46N6O4. The van der Waals surface area contributed by atoms with Crippen molar-refractivity contribution in [3.8, 4) is 11.1 Å². The number of carbonyl (C=O) groups is 2. The Morgan fingerprint density at radius 1 is 1.10 bits per heavy atom. The summed E-state index contributed by atoms with van der Waals surface area (Å²) in [6, 6.07) is 9.69. The number of hydrogen-bond donors (Lipinski definition) is 3. The first-order chi connectivity index (χ1) is 19.9. The van der Waals surface area contributed by atoms with Crippen molar-refractivity contribution in [2.45, 2.75) is 78.3 Å². The minimum Gasteiger partial charge on any atom is -0.382 e. The van der Waals surface area contributed by atoms with Gasteiger partial charge in [0, 0.05) is 49.4 Å². The molecule has 0 bridgehead atoms. The molecule has 1 aliphatic rings. The minimum absolute atomic E-state index is 0.0189. The van der Waals surface area contributed by atoms with E-state index >= 15 is 0 Å². The summed E-state index contributed by atoms with van der Waals surface area (Å²) in [7, 11) is 1.66. The summed E-state index contributed by atoms with van der Waals surface area (Å²) in [4.78, 5) is 22.9. The summed E-state index contributed by atoms with van der Waals surface area (Å²) < 4.78 is 12.2. The molecule has 0 saturated heterocycles. The van der Waals surface area contributed by atoms with Crippen LogP contribution in [0.3, 0.4) is 0 Å². The van der Waals surface area contributed by atoms with Crippen LogP contribution in [0.25, 0.3) is 11.1 Å². The van der Waals surface area contributed by atoms with Gasteiger partial charge in [0.2, 0.25) is 6.41 Å². The van der Waals surface area contributed by atoms with Gasteiger partial charge in [-0.25, -0.2) is 0 Å². The molecule has 0 radical (unpaired) electrons. The Balaban J connectivity index is 0.000000248. The fourth-order valence-corrected chi connectivity index (χ4v) is 5.25. The Kier molecular flexibility index (Phi) is 13.5. The maximum absolute atomic E-state index is 12.6. The van der Waals surface area contributed by atoms with Crippen molar-refractivity contribution in [3.05, 3.63) is 53.6 Å². The molecule has 10 nitrogen and oxygen atoms in total. The Morgan fingerprint density at radius 2 is 1.83 bits per heavy atom. The zero-order valence-electron chi connectivity index (χ0n) is 24.9. The lowest BCUT2D eigenvalue weighted by molar-refractivity contribution is -0.105. The highest BCUT2D eigenvalue weighted by Gasteiger charge is 2.22. The Labute approximate surface area is 243 Å². The van der Waals surface area contributed by atoms with Gasteiger partial charge in [-0.05, 0) is 69.7 Å². The second kappa shape index (κ2) is 17.3. The minimum atomic E-state index is -0.0189. The molecule has 2 amide bonds. The predicted octanol–water partition coefficient (Wildman–Crippen LogP) is 5.29. The van der Waals surface area contributed by atoms with Gasteiger partial charge >= 0.3 is 0 Å². The van der Waals surface area contributed by atoms with Crippen molar-refractivity contribution in [1.29, 1.82) is 0 Å².